The van der Waals surface area contributed by atoms with Crippen LogP contribution in [-0.4, -0.2) is 35.9 Å². The molecule has 0 fully saturated rings. The SMILES string of the molecule is O=C(Cc1cccc(O)c1)OCC(F)(F)S(=O)(=O)O. The monoisotopic (exact) mass is 296 g/mol. The number of alkyl halides is 2. The van der Waals surface area contributed by atoms with E-state index < -0.39 is 34.4 Å². The lowest BCUT2D eigenvalue weighted by Gasteiger charge is -2.12. The summed E-state index contributed by atoms with van der Waals surface area (Å²) < 4.78 is 58.2. The minimum atomic E-state index is -5.63. The third-order valence-electron chi connectivity index (χ3n) is 2.04. The summed E-state index contributed by atoms with van der Waals surface area (Å²) in [5.74, 6) is -1.23. The first-order chi connectivity index (χ1) is 8.62. The standard InChI is InChI=1S/C10H10F2O6S/c11-10(12,19(15,16)17)6-18-9(14)5-7-2-1-3-8(13)4-7/h1-4,13H,5-6H2,(H,15,16,17). The largest absolute Gasteiger partial charge is 0.508 e. The maximum absolute atomic E-state index is 12.7. The van der Waals surface area contributed by atoms with Gasteiger partial charge in [-0.1, -0.05) is 12.1 Å². The molecule has 0 amide bonds. The van der Waals surface area contributed by atoms with Gasteiger partial charge >= 0.3 is 21.3 Å². The van der Waals surface area contributed by atoms with Gasteiger partial charge in [-0.05, 0) is 17.7 Å². The van der Waals surface area contributed by atoms with Crippen LogP contribution in [0.15, 0.2) is 24.3 Å². The van der Waals surface area contributed by atoms with Gasteiger partial charge in [0.05, 0.1) is 6.42 Å². The van der Waals surface area contributed by atoms with Gasteiger partial charge in [-0.15, -0.1) is 0 Å². The smallest absolute Gasteiger partial charge is 0.402 e. The van der Waals surface area contributed by atoms with Gasteiger partial charge in [-0.2, -0.15) is 17.2 Å². The molecule has 0 radical (unpaired) electrons. The number of rotatable bonds is 5. The zero-order valence-electron chi connectivity index (χ0n) is 9.42. The zero-order chi connectivity index (χ0) is 14.7. The Kier molecular flexibility index (Phi) is 4.43. The molecule has 0 heterocycles. The van der Waals surface area contributed by atoms with Crippen molar-refractivity contribution in [3.8, 4) is 5.75 Å². The van der Waals surface area contributed by atoms with Gasteiger partial charge in [0.2, 0.25) is 0 Å². The Bertz CT molecular complexity index is 569. The van der Waals surface area contributed by atoms with Gasteiger partial charge in [-0.25, -0.2) is 0 Å². The fraction of sp³-hybridized carbons (Fsp3) is 0.300. The summed E-state index contributed by atoms with van der Waals surface area (Å²) in [4.78, 5) is 11.2. The number of phenolic OH excluding ortho intramolecular Hbond substituents is 1. The number of benzene rings is 1. The molecule has 0 aliphatic heterocycles. The number of hydrogen-bond acceptors (Lipinski definition) is 5. The molecule has 0 aliphatic carbocycles. The van der Waals surface area contributed by atoms with Crippen LogP contribution < -0.4 is 0 Å². The van der Waals surface area contributed by atoms with Crippen molar-refractivity contribution in [1.29, 1.82) is 0 Å². The number of carbonyl (C=O) groups is 1. The normalized spacial score (nSPS) is 12.2. The molecule has 0 saturated carbocycles. The molecule has 0 unspecified atom stereocenters. The minimum absolute atomic E-state index is 0.117. The molecule has 0 aromatic heterocycles. The van der Waals surface area contributed by atoms with Gasteiger partial charge in [0.1, 0.15) is 5.75 Å². The van der Waals surface area contributed by atoms with Crippen LogP contribution in [0.5, 0.6) is 5.75 Å². The molecule has 0 spiro atoms. The minimum Gasteiger partial charge on any atom is -0.508 e. The molecule has 106 valence electrons. The molecular weight excluding hydrogens is 286 g/mol. The summed E-state index contributed by atoms with van der Waals surface area (Å²) in [5, 5.41) is 4.55. The van der Waals surface area contributed by atoms with Crippen molar-refractivity contribution in [2.24, 2.45) is 0 Å². The number of ether oxygens (including phenoxy) is 1. The Hall–Kier alpha value is -1.74. The third-order valence-corrected chi connectivity index (χ3v) is 2.91. The average molecular weight is 296 g/mol. The molecule has 0 atom stereocenters. The second-order valence-corrected chi connectivity index (χ2v) is 5.17. The van der Waals surface area contributed by atoms with Crippen molar-refractivity contribution in [1.82, 2.24) is 0 Å². The summed E-state index contributed by atoms with van der Waals surface area (Å²) >= 11 is 0. The molecule has 19 heavy (non-hydrogen) atoms. The Morgan fingerprint density at radius 2 is 2.00 bits per heavy atom. The highest BCUT2D eigenvalue weighted by Gasteiger charge is 2.45. The van der Waals surface area contributed by atoms with E-state index in [0.717, 1.165) is 0 Å². The molecule has 2 N–H and O–H groups in total. The lowest BCUT2D eigenvalue weighted by Crippen LogP contribution is -2.34. The first kappa shape index (κ1) is 15.3. The van der Waals surface area contributed by atoms with Crippen LogP contribution in [0.2, 0.25) is 0 Å². The van der Waals surface area contributed by atoms with Crippen LogP contribution in [0.25, 0.3) is 0 Å². The molecule has 1 aromatic carbocycles. The van der Waals surface area contributed by atoms with Crippen LogP contribution in [-0.2, 0) is 26.1 Å². The summed E-state index contributed by atoms with van der Waals surface area (Å²) in [7, 11) is -5.63. The van der Waals surface area contributed by atoms with Gasteiger partial charge in [0, 0.05) is 0 Å². The van der Waals surface area contributed by atoms with E-state index in [1.165, 1.54) is 24.3 Å². The number of carbonyl (C=O) groups excluding carboxylic acids is 1. The Morgan fingerprint density at radius 3 is 2.53 bits per heavy atom. The van der Waals surface area contributed by atoms with Crippen LogP contribution in [0.3, 0.4) is 0 Å². The van der Waals surface area contributed by atoms with E-state index in [1.54, 1.807) is 0 Å². The fourth-order valence-electron chi connectivity index (χ4n) is 1.12. The fourth-order valence-corrected chi connectivity index (χ4v) is 1.33. The first-order valence-corrected chi connectivity index (χ1v) is 6.34. The number of hydrogen-bond donors (Lipinski definition) is 2. The molecule has 0 saturated heterocycles. The van der Waals surface area contributed by atoms with Crippen LogP contribution in [0.4, 0.5) is 8.78 Å². The van der Waals surface area contributed by atoms with Gasteiger partial charge in [-0.3, -0.25) is 9.35 Å². The average Bonchev–Trinajstić information content (AvgIpc) is 2.25. The van der Waals surface area contributed by atoms with Crippen molar-refractivity contribution in [2.45, 2.75) is 11.7 Å². The van der Waals surface area contributed by atoms with E-state index in [-0.39, 0.29) is 5.75 Å². The third kappa shape index (κ3) is 4.45. The molecular formula is C10H10F2O6S. The van der Waals surface area contributed by atoms with Crippen LogP contribution >= 0.6 is 0 Å². The maximum Gasteiger partial charge on any atom is 0.402 e. The quantitative estimate of drug-likeness (QED) is 0.620. The molecule has 1 rings (SSSR count). The summed E-state index contributed by atoms with van der Waals surface area (Å²) in [6, 6.07) is 5.45. The molecule has 1 aromatic rings. The highest BCUT2D eigenvalue weighted by atomic mass is 32.2. The Balaban J connectivity index is 2.58. The number of phenols is 1. The molecule has 6 nitrogen and oxygen atoms in total. The van der Waals surface area contributed by atoms with Crippen molar-refractivity contribution in [2.75, 3.05) is 6.61 Å². The second kappa shape index (κ2) is 5.49. The summed E-state index contributed by atoms with van der Waals surface area (Å²) in [6.45, 7) is -1.77. The van der Waals surface area contributed by atoms with Gasteiger partial charge < -0.3 is 9.84 Å². The van der Waals surface area contributed by atoms with E-state index in [0.29, 0.717) is 5.56 Å². The molecule has 9 heteroatoms. The lowest BCUT2D eigenvalue weighted by atomic mass is 10.1. The van der Waals surface area contributed by atoms with Crippen LogP contribution in [0.1, 0.15) is 5.56 Å². The number of aromatic hydroxyl groups is 1. The summed E-state index contributed by atoms with van der Waals surface area (Å²) in [5.41, 5.74) is 0.306. The maximum atomic E-state index is 12.7. The highest BCUT2D eigenvalue weighted by Crippen LogP contribution is 2.21. The van der Waals surface area contributed by atoms with E-state index in [9.17, 15) is 22.0 Å². The van der Waals surface area contributed by atoms with Crippen molar-refractivity contribution < 1.29 is 36.4 Å². The van der Waals surface area contributed by atoms with E-state index >= 15 is 0 Å². The van der Waals surface area contributed by atoms with E-state index in [2.05, 4.69) is 4.74 Å². The topological polar surface area (TPSA) is 101 Å². The lowest BCUT2D eigenvalue weighted by molar-refractivity contribution is -0.148. The predicted octanol–water partition coefficient (Wildman–Crippen LogP) is 0.959. The van der Waals surface area contributed by atoms with E-state index in [4.69, 9.17) is 9.66 Å². The van der Waals surface area contributed by atoms with Crippen molar-refractivity contribution in [3.63, 3.8) is 0 Å². The van der Waals surface area contributed by atoms with Crippen molar-refractivity contribution >= 4 is 16.1 Å². The zero-order valence-corrected chi connectivity index (χ0v) is 10.2. The number of halogens is 2. The number of esters is 1. The Morgan fingerprint density at radius 1 is 1.37 bits per heavy atom. The highest BCUT2D eigenvalue weighted by molar-refractivity contribution is 7.86. The van der Waals surface area contributed by atoms with E-state index in [1.807, 2.05) is 0 Å². The van der Waals surface area contributed by atoms with Gasteiger partial charge in [0.15, 0.2) is 6.61 Å². The van der Waals surface area contributed by atoms with Gasteiger partial charge in [0.25, 0.3) is 0 Å². The predicted molar refractivity (Wildman–Crippen MR) is 59.3 cm³/mol. The Labute approximate surface area is 107 Å². The second-order valence-electron chi connectivity index (χ2n) is 3.62. The van der Waals surface area contributed by atoms with Crippen molar-refractivity contribution in [3.05, 3.63) is 29.8 Å². The first-order valence-electron chi connectivity index (χ1n) is 4.90. The molecule has 0 bridgehead atoms. The van der Waals surface area contributed by atoms with Crippen LogP contribution in [0, 0.1) is 0 Å². The summed E-state index contributed by atoms with van der Waals surface area (Å²) in [6.07, 6.45) is -0.421. The molecule has 0 aliphatic rings.